The third kappa shape index (κ3) is 3.24. The van der Waals surface area contributed by atoms with Gasteiger partial charge in [0, 0.05) is 10.8 Å². The van der Waals surface area contributed by atoms with Gasteiger partial charge in [0.1, 0.15) is 0 Å². The minimum atomic E-state index is 0.353. The van der Waals surface area contributed by atoms with Crippen LogP contribution in [0.3, 0.4) is 0 Å². The zero-order chi connectivity index (χ0) is 14.7. The first-order valence-corrected chi connectivity index (χ1v) is 8.54. The maximum absolute atomic E-state index is 6.18. The second-order valence-corrected chi connectivity index (χ2v) is 6.65. The van der Waals surface area contributed by atoms with Crippen LogP contribution in [0.15, 0.2) is 35.7 Å². The Labute approximate surface area is 130 Å². The monoisotopic (exact) mass is 302 g/mol. The molecular weight excluding hydrogens is 280 g/mol. The van der Waals surface area contributed by atoms with Crippen LogP contribution in [0.1, 0.15) is 49.0 Å². The molecule has 1 unspecified atom stereocenters. The molecule has 0 spiro atoms. The predicted octanol–water partition coefficient (Wildman–Crippen LogP) is 5.23. The second kappa shape index (κ2) is 6.52. The number of hydrogen-bond acceptors (Lipinski definition) is 3. The van der Waals surface area contributed by atoms with Crippen molar-refractivity contribution >= 4 is 11.3 Å². The number of ether oxygens (including phenoxy) is 2. The summed E-state index contributed by atoms with van der Waals surface area (Å²) in [6.07, 6.45) is 5.23. The summed E-state index contributed by atoms with van der Waals surface area (Å²) in [6, 6.07) is 10.6. The van der Waals surface area contributed by atoms with Gasteiger partial charge in [-0.15, -0.1) is 11.3 Å². The minimum absolute atomic E-state index is 0.353. The first-order chi connectivity index (χ1) is 10.3. The Morgan fingerprint density at radius 3 is 2.62 bits per heavy atom. The molecular formula is C18H22O2S. The fraction of sp³-hybridized carbons (Fsp3) is 0.444. The Kier molecular flexibility index (Phi) is 4.49. The third-order valence-corrected chi connectivity index (χ3v) is 5.31. The van der Waals surface area contributed by atoms with Gasteiger partial charge in [-0.3, -0.25) is 0 Å². The average Bonchev–Trinajstić information content (AvgIpc) is 3.19. The third-order valence-electron chi connectivity index (χ3n) is 4.25. The molecule has 2 nitrogen and oxygen atoms in total. The van der Waals surface area contributed by atoms with Crippen LogP contribution >= 0.6 is 11.3 Å². The van der Waals surface area contributed by atoms with Gasteiger partial charge in [0.2, 0.25) is 0 Å². The number of hydrogen-bond donors (Lipinski definition) is 0. The molecule has 21 heavy (non-hydrogen) atoms. The molecule has 0 radical (unpaired) electrons. The van der Waals surface area contributed by atoms with Crippen LogP contribution in [-0.4, -0.2) is 13.2 Å². The van der Waals surface area contributed by atoms with E-state index in [1.165, 1.54) is 23.3 Å². The first kappa shape index (κ1) is 14.5. The normalized spacial score (nSPS) is 16.9. The van der Waals surface area contributed by atoms with Gasteiger partial charge in [0.25, 0.3) is 0 Å². The molecule has 3 rings (SSSR count). The Morgan fingerprint density at radius 1 is 1.14 bits per heavy atom. The van der Waals surface area contributed by atoms with Gasteiger partial charge in [-0.2, -0.15) is 0 Å². The average molecular weight is 302 g/mol. The zero-order valence-corrected chi connectivity index (χ0v) is 13.5. The van der Waals surface area contributed by atoms with Gasteiger partial charge in [0.05, 0.1) is 13.2 Å². The van der Waals surface area contributed by atoms with E-state index in [2.05, 4.69) is 36.6 Å². The van der Waals surface area contributed by atoms with Gasteiger partial charge in [-0.1, -0.05) is 19.1 Å². The Hall–Kier alpha value is -1.48. The first-order valence-electron chi connectivity index (χ1n) is 7.66. The molecule has 0 saturated heterocycles. The van der Waals surface area contributed by atoms with E-state index in [-0.39, 0.29) is 0 Å². The number of thiophene rings is 1. The highest BCUT2D eigenvalue weighted by Crippen LogP contribution is 2.36. The molecule has 0 bridgehead atoms. The van der Waals surface area contributed by atoms with Crippen molar-refractivity contribution in [1.82, 2.24) is 0 Å². The van der Waals surface area contributed by atoms with Crippen LogP contribution in [0.2, 0.25) is 0 Å². The summed E-state index contributed by atoms with van der Waals surface area (Å²) in [7, 11) is 1.71. The highest BCUT2D eigenvalue weighted by atomic mass is 32.1. The highest BCUT2D eigenvalue weighted by Gasteiger charge is 2.19. The minimum Gasteiger partial charge on any atom is -0.493 e. The predicted molar refractivity (Wildman–Crippen MR) is 87.7 cm³/mol. The topological polar surface area (TPSA) is 18.5 Å². The molecule has 1 aromatic carbocycles. The quantitative estimate of drug-likeness (QED) is 0.753. The SMILES string of the molecule is COc1ccc(C(C)c2cccs2)cc1OC1CCCC1. The molecule has 0 aliphatic heterocycles. The van der Waals surface area contributed by atoms with Crippen molar-refractivity contribution in [2.24, 2.45) is 0 Å². The van der Waals surface area contributed by atoms with Crippen molar-refractivity contribution in [3.63, 3.8) is 0 Å². The fourth-order valence-corrected chi connectivity index (χ4v) is 3.75. The fourth-order valence-electron chi connectivity index (χ4n) is 2.94. The van der Waals surface area contributed by atoms with Crippen LogP contribution in [0.4, 0.5) is 0 Å². The van der Waals surface area contributed by atoms with Crippen molar-refractivity contribution in [1.29, 1.82) is 0 Å². The lowest BCUT2D eigenvalue weighted by molar-refractivity contribution is 0.200. The molecule has 3 heteroatoms. The number of benzene rings is 1. The summed E-state index contributed by atoms with van der Waals surface area (Å²) in [6.45, 7) is 2.24. The summed E-state index contributed by atoms with van der Waals surface area (Å²) in [5, 5.41) is 2.13. The lowest BCUT2D eigenvalue weighted by Gasteiger charge is -2.18. The maximum Gasteiger partial charge on any atom is 0.161 e. The van der Waals surface area contributed by atoms with E-state index in [0.717, 1.165) is 24.3 Å². The van der Waals surface area contributed by atoms with Crippen molar-refractivity contribution < 1.29 is 9.47 Å². The van der Waals surface area contributed by atoms with Gasteiger partial charge in [0.15, 0.2) is 11.5 Å². The molecule has 0 N–H and O–H groups in total. The zero-order valence-electron chi connectivity index (χ0n) is 12.7. The second-order valence-electron chi connectivity index (χ2n) is 5.67. The van der Waals surface area contributed by atoms with Crippen molar-refractivity contribution in [3.8, 4) is 11.5 Å². The van der Waals surface area contributed by atoms with E-state index >= 15 is 0 Å². The van der Waals surface area contributed by atoms with E-state index in [1.54, 1.807) is 18.4 Å². The number of rotatable bonds is 5. The van der Waals surface area contributed by atoms with E-state index in [9.17, 15) is 0 Å². The largest absolute Gasteiger partial charge is 0.493 e. The summed E-state index contributed by atoms with van der Waals surface area (Å²) >= 11 is 1.80. The Bertz CT molecular complexity index is 571. The van der Waals surface area contributed by atoms with Crippen LogP contribution < -0.4 is 9.47 Å². The van der Waals surface area contributed by atoms with Crippen LogP contribution in [0.25, 0.3) is 0 Å². The van der Waals surface area contributed by atoms with E-state index in [0.29, 0.717) is 12.0 Å². The van der Waals surface area contributed by atoms with E-state index in [4.69, 9.17) is 9.47 Å². The molecule has 1 aliphatic rings. The maximum atomic E-state index is 6.18. The molecule has 1 aromatic heterocycles. The molecule has 1 atom stereocenters. The Balaban J connectivity index is 1.85. The van der Waals surface area contributed by atoms with Crippen LogP contribution in [0, 0.1) is 0 Å². The van der Waals surface area contributed by atoms with E-state index < -0.39 is 0 Å². The summed E-state index contributed by atoms with van der Waals surface area (Å²) in [5.74, 6) is 2.12. The van der Waals surface area contributed by atoms with Gasteiger partial charge >= 0.3 is 0 Å². The standard InChI is InChI=1S/C18H22O2S/c1-13(18-8-5-11-21-18)14-9-10-16(19-2)17(12-14)20-15-6-3-4-7-15/h5,8-13,15H,3-4,6-7H2,1-2H3. The molecule has 0 amide bonds. The smallest absolute Gasteiger partial charge is 0.161 e. The van der Waals surface area contributed by atoms with Gasteiger partial charge in [-0.25, -0.2) is 0 Å². The lowest BCUT2D eigenvalue weighted by Crippen LogP contribution is -2.12. The number of methoxy groups -OCH3 is 1. The van der Waals surface area contributed by atoms with E-state index in [1.807, 2.05) is 6.07 Å². The molecule has 112 valence electrons. The van der Waals surface area contributed by atoms with Crippen LogP contribution in [-0.2, 0) is 0 Å². The van der Waals surface area contributed by atoms with Crippen LogP contribution in [0.5, 0.6) is 11.5 Å². The van der Waals surface area contributed by atoms with Crippen molar-refractivity contribution in [2.45, 2.75) is 44.6 Å². The summed E-state index contributed by atoms with van der Waals surface area (Å²) in [4.78, 5) is 1.38. The molecule has 1 aliphatic carbocycles. The summed E-state index contributed by atoms with van der Waals surface area (Å²) in [5.41, 5.74) is 1.28. The Morgan fingerprint density at radius 2 is 1.95 bits per heavy atom. The van der Waals surface area contributed by atoms with Crippen molar-refractivity contribution in [3.05, 3.63) is 46.2 Å². The molecule has 1 fully saturated rings. The van der Waals surface area contributed by atoms with Gasteiger partial charge in [-0.05, 0) is 54.8 Å². The molecule has 1 saturated carbocycles. The van der Waals surface area contributed by atoms with Crippen molar-refractivity contribution in [2.75, 3.05) is 7.11 Å². The lowest BCUT2D eigenvalue weighted by atomic mass is 9.99. The van der Waals surface area contributed by atoms with Gasteiger partial charge < -0.3 is 9.47 Å². The molecule has 2 aromatic rings. The summed E-state index contributed by atoms with van der Waals surface area (Å²) < 4.78 is 11.6. The highest BCUT2D eigenvalue weighted by molar-refractivity contribution is 7.10. The molecule has 1 heterocycles.